The Balaban J connectivity index is 4.09. The number of rotatable bonds is 32. The second kappa shape index (κ2) is 25.1. The van der Waals surface area contributed by atoms with Crippen molar-refractivity contribution in [3.8, 4) is 0 Å². The SMILES string of the molecule is CC(C)(CCO)CCCCSCCCCC(C)(C)CCC(O)CCCCC(C)(C)CC(SCCCCC(C)(C)CCCO)C(=O)O. The van der Waals surface area contributed by atoms with E-state index in [1.165, 1.54) is 50.0 Å². The van der Waals surface area contributed by atoms with Crippen LogP contribution in [-0.2, 0) is 4.79 Å². The quantitative estimate of drug-likeness (QED) is 0.0522. The smallest absolute Gasteiger partial charge is 0.316 e. The largest absolute Gasteiger partial charge is 0.480 e. The van der Waals surface area contributed by atoms with Crippen LogP contribution in [0.25, 0.3) is 0 Å². The van der Waals surface area contributed by atoms with Gasteiger partial charge in [-0.1, -0.05) is 87.5 Å². The number of aliphatic hydroxyl groups excluding tert-OH is 3. The van der Waals surface area contributed by atoms with Crippen LogP contribution in [0.4, 0.5) is 0 Å². The van der Waals surface area contributed by atoms with E-state index in [1.54, 1.807) is 11.8 Å². The van der Waals surface area contributed by atoms with Crippen molar-refractivity contribution in [2.75, 3.05) is 30.5 Å². The number of unbranched alkanes of at least 4 members (excludes halogenated alkanes) is 4. The standard InChI is InChI=1S/C39H78O5S2/c1-36(2,24-17-27-40)20-13-16-31-46-34(35(43)44)32-39(7,8)23-10-9-18-33(42)19-25-37(3,4)21-11-14-29-45-30-15-12-22-38(5,6)26-28-41/h33-34,40-42H,9-32H2,1-8H3,(H,43,44). The molecule has 0 heterocycles. The van der Waals surface area contributed by atoms with Crippen molar-refractivity contribution in [1.82, 2.24) is 0 Å². The second-order valence-corrected chi connectivity index (χ2v) is 19.8. The van der Waals surface area contributed by atoms with E-state index in [-0.39, 0.29) is 39.6 Å². The first-order valence-electron chi connectivity index (χ1n) is 18.8. The van der Waals surface area contributed by atoms with E-state index >= 15 is 0 Å². The van der Waals surface area contributed by atoms with Crippen LogP contribution in [0, 0.1) is 21.7 Å². The van der Waals surface area contributed by atoms with Crippen molar-refractivity contribution in [2.24, 2.45) is 21.7 Å². The van der Waals surface area contributed by atoms with Gasteiger partial charge in [0.25, 0.3) is 0 Å². The normalized spacial score (nSPS) is 14.5. The molecule has 0 aliphatic rings. The number of carbonyl (C=O) groups is 1. The van der Waals surface area contributed by atoms with Gasteiger partial charge in [0, 0.05) is 13.2 Å². The lowest BCUT2D eigenvalue weighted by atomic mass is 9.81. The van der Waals surface area contributed by atoms with E-state index in [0.717, 1.165) is 82.8 Å². The molecule has 46 heavy (non-hydrogen) atoms. The van der Waals surface area contributed by atoms with Crippen molar-refractivity contribution in [1.29, 1.82) is 0 Å². The van der Waals surface area contributed by atoms with Gasteiger partial charge in [-0.25, -0.2) is 0 Å². The zero-order valence-corrected chi connectivity index (χ0v) is 33.3. The highest BCUT2D eigenvalue weighted by molar-refractivity contribution is 8.00. The molecule has 0 saturated heterocycles. The molecule has 0 aromatic carbocycles. The summed E-state index contributed by atoms with van der Waals surface area (Å²) >= 11 is 3.69. The molecule has 0 bridgehead atoms. The third kappa shape index (κ3) is 26.9. The van der Waals surface area contributed by atoms with Crippen molar-refractivity contribution in [2.45, 2.75) is 189 Å². The van der Waals surface area contributed by atoms with E-state index in [1.807, 2.05) is 0 Å². The highest BCUT2D eigenvalue weighted by atomic mass is 32.2. The molecule has 0 aliphatic carbocycles. The Morgan fingerprint density at radius 2 is 1.00 bits per heavy atom. The molecule has 2 unspecified atom stereocenters. The number of hydrogen-bond donors (Lipinski definition) is 4. The topological polar surface area (TPSA) is 98.0 Å². The molecule has 0 amide bonds. The molecular formula is C39H78O5S2. The lowest BCUT2D eigenvalue weighted by Gasteiger charge is -2.28. The van der Waals surface area contributed by atoms with Gasteiger partial charge in [-0.2, -0.15) is 11.8 Å². The lowest BCUT2D eigenvalue weighted by molar-refractivity contribution is -0.137. The molecule has 0 radical (unpaired) electrons. The van der Waals surface area contributed by atoms with Crippen molar-refractivity contribution in [3.63, 3.8) is 0 Å². The average Bonchev–Trinajstić information content (AvgIpc) is 2.95. The van der Waals surface area contributed by atoms with Crippen molar-refractivity contribution < 1.29 is 25.2 Å². The number of carboxylic acid groups (broad SMARTS) is 1. The number of aliphatic carboxylic acids is 1. The third-order valence-corrected chi connectivity index (χ3v) is 12.4. The van der Waals surface area contributed by atoms with Gasteiger partial charge in [0.05, 0.1) is 6.10 Å². The molecule has 0 aromatic heterocycles. The zero-order chi connectivity index (χ0) is 35.1. The highest BCUT2D eigenvalue weighted by Gasteiger charge is 2.28. The van der Waals surface area contributed by atoms with Crippen LogP contribution in [0.15, 0.2) is 0 Å². The Bertz CT molecular complexity index is 753. The van der Waals surface area contributed by atoms with Crippen LogP contribution in [0.3, 0.4) is 0 Å². The van der Waals surface area contributed by atoms with E-state index in [9.17, 15) is 15.0 Å². The Labute approximate surface area is 294 Å². The summed E-state index contributed by atoms with van der Waals surface area (Å²) in [5.74, 6) is 2.68. The van der Waals surface area contributed by atoms with Gasteiger partial charge in [-0.3, -0.25) is 4.79 Å². The fraction of sp³-hybridized carbons (Fsp3) is 0.974. The summed E-state index contributed by atoms with van der Waals surface area (Å²) in [7, 11) is 0. The zero-order valence-electron chi connectivity index (χ0n) is 31.6. The molecule has 4 N–H and O–H groups in total. The maximum absolute atomic E-state index is 12.0. The molecule has 7 heteroatoms. The van der Waals surface area contributed by atoms with Crippen molar-refractivity contribution in [3.05, 3.63) is 0 Å². The molecule has 5 nitrogen and oxygen atoms in total. The molecule has 276 valence electrons. The van der Waals surface area contributed by atoms with Gasteiger partial charge < -0.3 is 20.4 Å². The first-order valence-corrected chi connectivity index (χ1v) is 21.0. The number of aliphatic hydroxyl groups is 3. The Kier molecular flexibility index (Phi) is 25.1. The summed E-state index contributed by atoms with van der Waals surface area (Å²) in [6.07, 6.45) is 19.8. The predicted molar refractivity (Wildman–Crippen MR) is 204 cm³/mol. The summed E-state index contributed by atoms with van der Waals surface area (Å²) in [6, 6.07) is 0. The predicted octanol–water partition coefficient (Wildman–Crippen LogP) is 10.8. The van der Waals surface area contributed by atoms with E-state index in [2.05, 4.69) is 67.2 Å². The molecule has 0 rings (SSSR count). The summed E-state index contributed by atoms with van der Waals surface area (Å²) in [5.41, 5.74) is 0.754. The van der Waals surface area contributed by atoms with Crippen LogP contribution in [0.1, 0.15) is 177 Å². The van der Waals surface area contributed by atoms with Crippen LogP contribution in [0.5, 0.6) is 0 Å². The molecule has 0 fully saturated rings. The summed E-state index contributed by atoms with van der Waals surface area (Å²) in [5, 5.41) is 38.4. The monoisotopic (exact) mass is 691 g/mol. The Hall–Kier alpha value is 0.0500. The minimum absolute atomic E-state index is 0.0230. The van der Waals surface area contributed by atoms with Crippen LogP contribution in [0.2, 0.25) is 0 Å². The number of hydrogen-bond acceptors (Lipinski definition) is 6. The van der Waals surface area contributed by atoms with E-state index < -0.39 is 5.97 Å². The molecule has 2 atom stereocenters. The van der Waals surface area contributed by atoms with Gasteiger partial charge >= 0.3 is 5.97 Å². The molecule has 0 spiro atoms. The minimum Gasteiger partial charge on any atom is -0.480 e. The van der Waals surface area contributed by atoms with Crippen LogP contribution >= 0.6 is 23.5 Å². The Morgan fingerprint density at radius 1 is 0.543 bits per heavy atom. The lowest BCUT2D eigenvalue weighted by Crippen LogP contribution is -2.25. The van der Waals surface area contributed by atoms with Crippen LogP contribution in [-0.4, -0.2) is 68.2 Å². The highest BCUT2D eigenvalue weighted by Crippen LogP contribution is 2.36. The maximum atomic E-state index is 12.0. The van der Waals surface area contributed by atoms with E-state index in [4.69, 9.17) is 10.2 Å². The van der Waals surface area contributed by atoms with Crippen molar-refractivity contribution >= 4 is 29.5 Å². The summed E-state index contributed by atoms with van der Waals surface area (Å²) in [6.45, 7) is 18.7. The molecular weight excluding hydrogens is 613 g/mol. The van der Waals surface area contributed by atoms with E-state index in [0.29, 0.717) is 13.0 Å². The second-order valence-electron chi connectivity index (χ2n) is 17.3. The molecule has 0 saturated carbocycles. The van der Waals surface area contributed by atoms with Gasteiger partial charge in [0.1, 0.15) is 5.25 Å². The third-order valence-electron chi connectivity index (χ3n) is 9.96. The van der Waals surface area contributed by atoms with Gasteiger partial charge in [-0.15, -0.1) is 11.8 Å². The minimum atomic E-state index is -0.691. The summed E-state index contributed by atoms with van der Waals surface area (Å²) < 4.78 is 0. The first-order chi connectivity index (χ1) is 21.4. The Morgan fingerprint density at radius 3 is 1.52 bits per heavy atom. The molecule has 0 aromatic rings. The first kappa shape index (κ1) is 46.0. The van der Waals surface area contributed by atoms with Gasteiger partial charge in [0.15, 0.2) is 0 Å². The van der Waals surface area contributed by atoms with Gasteiger partial charge in [0.2, 0.25) is 0 Å². The average molecular weight is 691 g/mol. The fourth-order valence-corrected chi connectivity index (χ4v) is 8.78. The summed E-state index contributed by atoms with van der Waals surface area (Å²) in [4.78, 5) is 12.0. The van der Waals surface area contributed by atoms with Crippen LogP contribution < -0.4 is 0 Å². The number of thioether (sulfide) groups is 2. The number of carboxylic acids is 1. The van der Waals surface area contributed by atoms with Gasteiger partial charge in [-0.05, 0) is 129 Å². The fourth-order valence-electron chi connectivity index (χ4n) is 6.39. The molecule has 0 aliphatic heterocycles. The maximum Gasteiger partial charge on any atom is 0.316 e.